The molecule has 5 nitrogen and oxygen atoms in total. The predicted octanol–water partition coefficient (Wildman–Crippen LogP) is 1.12. The van der Waals surface area contributed by atoms with Crippen LogP contribution in [0.2, 0.25) is 0 Å². The molecular formula is C10H13N3O2. The van der Waals surface area contributed by atoms with Gasteiger partial charge < -0.3 is 4.90 Å². The minimum atomic E-state index is -0.0306. The third kappa shape index (κ3) is 2.07. The van der Waals surface area contributed by atoms with Crippen LogP contribution in [0, 0.1) is 0 Å². The molecule has 1 aliphatic rings. The molecule has 0 radical (unpaired) electrons. The molecule has 1 saturated heterocycles. The summed E-state index contributed by atoms with van der Waals surface area (Å²) in [4.78, 5) is 17.6. The van der Waals surface area contributed by atoms with E-state index in [4.69, 9.17) is 5.21 Å². The van der Waals surface area contributed by atoms with Crippen molar-refractivity contribution in [2.24, 2.45) is 0 Å². The van der Waals surface area contributed by atoms with Crippen LogP contribution in [0.3, 0.4) is 0 Å². The molecule has 1 aromatic rings. The second kappa shape index (κ2) is 4.27. The van der Waals surface area contributed by atoms with Gasteiger partial charge in [-0.1, -0.05) is 0 Å². The smallest absolute Gasteiger partial charge is 0.272 e. The fourth-order valence-electron chi connectivity index (χ4n) is 1.67. The fraction of sp³-hybridized carbons (Fsp3) is 0.400. The van der Waals surface area contributed by atoms with E-state index in [9.17, 15) is 4.79 Å². The van der Waals surface area contributed by atoms with Gasteiger partial charge in [-0.05, 0) is 25.0 Å². The van der Waals surface area contributed by atoms with Crippen LogP contribution < -0.4 is 5.48 Å². The highest BCUT2D eigenvalue weighted by atomic mass is 16.5. The van der Waals surface area contributed by atoms with Crippen LogP contribution in [0.15, 0.2) is 18.3 Å². The average Bonchev–Trinajstić information content (AvgIpc) is 2.82. The quantitative estimate of drug-likeness (QED) is 0.713. The van der Waals surface area contributed by atoms with Crippen LogP contribution in [0.25, 0.3) is 0 Å². The van der Waals surface area contributed by atoms with Crippen molar-refractivity contribution in [1.29, 1.82) is 0 Å². The third-order valence-corrected chi connectivity index (χ3v) is 2.50. The van der Waals surface area contributed by atoms with Crippen molar-refractivity contribution in [2.45, 2.75) is 12.8 Å². The van der Waals surface area contributed by atoms with Crippen LogP contribution in [0.5, 0.6) is 0 Å². The molecule has 2 heterocycles. The average molecular weight is 207 g/mol. The Balaban J connectivity index is 2.11. The summed E-state index contributed by atoms with van der Waals surface area (Å²) in [6.45, 7) is 1.64. The van der Waals surface area contributed by atoms with Crippen molar-refractivity contribution >= 4 is 11.6 Å². The number of aromatic nitrogens is 1. The molecule has 0 atom stereocenters. The van der Waals surface area contributed by atoms with E-state index in [1.807, 2.05) is 5.48 Å². The maximum atomic E-state index is 11.8. The summed E-state index contributed by atoms with van der Waals surface area (Å²) >= 11 is 0. The fourth-order valence-corrected chi connectivity index (χ4v) is 1.67. The first kappa shape index (κ1) is 9.92. The number of carbonyl (C=O) groups excluding carboxylic acids is 1. The molecule has 0 bridgehead atoms. The molecule has 15 heavy (non-hydrogen) atoms. The van der Waals surface area contributed by atoms with Crippen molar-refractivity contribution in [2.75, 3.05) is 18.6 Å². The van der Waals surface area contributed by atoms with E-state index in [-0.39, 0.29) is 5.91 Å². The Kier molecular flexibility index (Phi) is 2.82. The number of amides is 1. The Morgan fingerprint density at radius 1 is 1.40 bits per heavy atom. The van der Waals surface area contributed by atoms with E-state index in [1.165, 1.54) is 6.20 Å². The third-order valence-electron chi connectivity index (χ3n) is 2.50. The standard InChI is InChI=1S/C10H13N3O2/c14-10(13-5-1-2-6-13)9-4-3-8(12-15)7-11-9/h3-4,7,12,15H,1-2,5-6H2. The van der Waals surface area contributed by atoms with Gasteiger partial charge in [-0.25, -0.2) is 4.98 Å². The summed E-state index contributed by atoms with van der Waals surface area (Å²) in [5, 5.41) is 8.59. The Morgan fingerprint density at radius 2 is 2.13 bits per heavy atom. The molecule has 1 amide bonds. The molecule has 0 saturated carbocycles. The van der Waals surface area contributed by atoms with Gasteiger partial charge in [0.2, 0.25) is 0 Å². The van der Waals surface area contributed by atoms with Crippen LogP contribution >= 0.6 is 0 Å². The van der Waals surface area contributed by atoms with Gasteiger partial charge in [0.1, 0.15) is 5.69 Å². The zero-order valence-electron chi connectivity index (χ0n) is 8.31. The van der Waals surface area contributed by atoms with Crippen LogP contribution in [0.1, 0.15) is 23.3 Å². The highest BCUT2D eigenvalue weighted by Gasteiger charge is 2.20. The van der Waals surface area contributed by atoms with Crippen LogP contribution in [-0.2, 0) is 0 Å². The van der Waals surface area contributed by atoms with E-state index >= 15 is 0 Å². The van der Waals surface area contributed by atoms with Gasteiger partial charge in [0.15, 0.2) is 0 Å². The second-order valence-corrected chi connectivity index (χ2v) is 3.54. The lowest BCUT2D eigenvalue weighted by Gasteiger charge is -2.14. The maximum absolute atomic E-state index is 11.8. The summed E-state index contributed by atoms with van der Waals surface area (Å²) in [6.07, 6.45) is 3.58. The van der Waals surface area contributed by atoms with Gasteiger partial charge in [-0.2, -0.15) is 0 Å². The van der Waals surface area contributed by atoms with E-state index in [0.29, 0.717) is 11.4 Å². The highest BCUT2D eigenvalue weighted by molar-refractivity contribution is 5.92. The first-order valence-electron chi connectivity index (χ1n) is 4.96. The van der Waals surface area contributed by atoms with Crippen LogP contribution in [-0.4, -0.2) is 34.1 Å². The van der Waals surface area contributed by atoms with Crippen molar-refractivity contribution in [1.82, 2.24) is 9.88 Å². The lowest BCUT2D eigenvalue weighted by molar-refractivity contribution is 0.0787. The lowest BCUT2D eigenvalue weighted by atomic mass is 10.3. The van der Waals surface area contributed by atoms with E-state index < -0.39 is 0 Å². The van der Waals surface area contributed by atoms with Crippen molar-refractivity contribution < 1.29 is 10.0 Å². The summed E-state index contributed by atoms with van der Waals surface area (Å²) < 4.78 is 0. The minimum Gasteiger partial charge on any atom is -0.337 e. The van der Waals surface area contributed by atoms with E-state index in [0.717, 1.165) is 25.9 Å². The van der Waals surface area contributed by atoms with Crippen LogP contribution in [0.4, 0.5) is 5.69 Å². The Morgan fingerprint density at radius 3 is 2.67 bits per heavy atom. The van der Waals surface area contributed by atoms with Gasteiger partial charge in [-0.15, -0.1) is 0 Å². The summed E-state index contributed by atoms with van der Waals surface area (Å²) in [6, 6.07) is 3.23. The van der Waals surface area contributed by atoms with Gasteiger partial charge >= 0.3 is 0 Å². The minimum absolute atomic E-state index is 0.0306. The molecule has 1 aromatic heterocycles. The Labute approximate surface area is 87.7 Å². The number of pyridine rings is 1. The Bertz CT molecular complexity index is 344. The van der Waals surface area contributed by atoms with Crippen molar-refractivity contribution in [3.8, 4) is 0 Å². The lowest BCUT2D eigenvalue weighted by Crippen LogP contribution is -2.28. The number of anilines is 1. The monoisotopic (exact) mass is 207 g/mol. The number of likely N-dealkylation sites (tertiary alicyclic amines) is 1. The molecule has 80 valence electrons. The number of nitrogens with zero attached hydrogens (tertiary/aromatic N) is 2. The molecule has 0 aliphatic carbocycles. The predicted molar refractivity (Wildman–Crippen MR) is 54.8 cm³/mol. The number of hydrogen-bond acceptors (Lipinski definition) is 4. The SMILES string of the molecule is O=C(c1ccc(NO)cn1)N1CCCC1. The molecule has 5 heteroatoms. The molecule has 2 N–H and O–H groups in total. The van der Waals surface area contributed by atoms with Gasteiger partial charge in [0.25, 0.3) is 5.91 Å². The number of hydrogen-bond donors (Lipinski definition) is 2. The molecule has 0 spiro atoms. The zero-order valence-corrected chi connectivity index (χ0v) is 8.31. The summed E-state index contributed by atoms with van der Waals surface area (Å²) in [5.41, 5.74) is 2.88. The van der Waals surface area contributed by atoms with Gasteiger partial charge in [-0.3, -0.25) is 15.5 Å². The Hall–Kier alpha value is -1.62. The normalized spacial score (nSPS) is 15.4. The molecule has 0 aromatic carbocycles. The van der Waals surface area contributed by atoms with E-state index in [1.54, 1.807) is 17.0 Å². The van der Waals surface area contributed by atoms with Gasteiger partial charge in [0.05, 0.1) is 11.9 Å². The first-order chi connectivity index (χ1) is 7.31. The molecule has 1 aliphatic heterocycles. The largest absolute Gasteiger partial charge is 0.337 e. The summed E-state index contributed by atoms with van der Waals surface area (Å²) in [5.74, 6) is -0.0306. The maximum Gasteiger partial charge on any atom is 0.272 e. The number of rotatable bonds is 2. The second-order valence-electron chi connectivity index (χ2n) is 3.54. The number of nitrogens with one attached hydrogen (secondary N) is 1. The first-order valence-corrected chi connectivity index (χ1v) is 4.96. The summed E-state index contributed by atoms with van der Waals surface area (Å²) in [7, 11) is 0. The molecule has 1 fully saturated rings. The molecule has 0 unspecified atom stereocenters. The van der Waals surface area contributed by atoms with E-state index in [2.05, 4.69) is 4.98 Å². The molecule has 2 rings (SSSR count). The van der Waals surface area contributed by atoms with Gasteiger partial charge in [0, 0.05) is 13.1 Å². The topological polar surface area (TPSA) is 65.5 Å². The van der Waals surface area contributed by atoms with Crippen molar-refractivity contribution in [3.63, 3.8) is 0 Å². The molecular weight excluding hydrogens is 194 g/mol. The highest BCUT2D eigenvalue weighted by Crippen LogP contribution is 2.12. The zero-order chi connectivity index (χ0) is 10.7. The van der Waals surface area contributed by atoms with Crippen molar-refractivity contribution in [3.05, 3.63) is 24.0 Å². The number of carbonyl (C=O) groups is 1.